The van der Waals surface area contributed by atoms with Crippen LogP contribution in [0.25, 0.3) is 0 Å². The Labute approximate surface area is 135 Å². The maximum Gasteiger partial charge on any atom is 0.137 e. The fourth-order valence-electron chi connectivity index (χ4n) is 1.84. The summed E-state index contributed by atoms with van der Waals surface area (Å²) in [5.74, 6) is -0.314. The highest BCUT2D eigenvalue weighted by Crippen LogP contribution is 2.27. The molecule has 2 nitrogen and oxygen atoms in total. The van der Waals surface area contributed by atoms with E-state index in [4.69, 9.17) is 28.9 Å². The molecule has 0 saturated heterocycles. The molecule has 0 spiro atoms. The Morgan fingerprint density at radius 2 is 1.80 bits per heavy atom. The minimum Gasteiger partial charge on any atom is -0.377 e. The van der Waals surface area contributed by atoms with Gasteiger partial charge in [0.15, 0.2) is 0 Å². The third kappa shape index (κ3) is 3.85. The zero-order valence-corrected chi connectivity index (χ0v) is 13.4. The van der Waals surface area contributed by atoms with Gasteiger partial charge in [-0.15, -0.1) is 0 Å². The third-order valence-corrected chi connectivity index (χ3v) is 3.83. The first-order valence-corrected chi connectivity index (χ1v) is 7.42. The van der Waals surface area contributed by atoms with Crippen molar-refractivity contribution in [2.45, 2.75) is 6.04 Å². The molecule has 0 heterocycles. The minimum atomic E-state index is -0.314. The highest BCUT2D eigenvalue weighted by molar-refractivity contribution is 9.10. The Kier molecular flexibility index (Phi) is 5.27. The van der Waals surface area contributed by atoms with Gasteiger partial charge in [-0.05, 0) is 57.9 Å². The second kappa shape index (κ2) is 6.76. The Hall–Kier alpha value is -0.810. The average Bonchev–Trinajstić information content (AvgIpc) is 2.38. The van der Waals surface area contributed by atoms with Crippen molar-refractivity contribution < 1.29 is 4.39 Å². The zero-order valence-electron chi connectivity index (χ0n) is 10.3. The molecule has 106 valence electrons. The van der Waals surface area contributed by atoms with Gasteiger partial charge in [0.25, 0.3) is 0 Å². The normalized spacial score (nSPS) is 12.2. The Bertz CT molecular complexity index is 602. The molecule has 0 aliphatic rings. The standard InChI is InChI=1S/C14H12BrCl2FN2/c15-12-6-11(1-2-13(12)18)20-14(7-19)8-3-9(16)5-10(17)4-8/h1-6,14,20H,7,19H2. The second-order valence-electron chi connectivity index (χ2n) is 4.26. The lowest BCUT2D eigenvalue weighted by Gasteiger charge is -2.19. The molecule has 3 N–H and O–H groups in total. The monoisotopic (exact) mass is 376 g/mol. The van der Waals surface area contributed by atoms with Gasteiger partial charge in [0.2, 0.25) is 0 Å². The highest BCUT2D eigenvalue weighted by atomic mass is 79.9. The van der Waals surface area contributed by atoms with Gasteiger partial charge in [-0.3, -0.25) is 0 Å². The van der Waals surface area contributed by atoms with Crippen molar-refractivity contribution in [3.05, 3.63) is 62.3 Å². The molecule has 0 saturated carbocycles. The molecule has 0 aliphatic heterocycles. The summed E-state index contributed by atoms with van der Waals surface area (Å²) in [4.78, 5) is 0. The Balaban J connectivity index is 2.26. The number of nitrogens with one attached hydrogen (secondary N) is 1. The fourth-order valence-corrected chi connectivity index (χ4v) is 2.76. The van der Waals surface area contributed by atoms with E-state index < -0.39 is 0 Å². The van der Waals surface area contributed by atoms with Crippen LogP contribution in [0.4, 0.5) is 10.1 Å². The van der Waals surface area contributed by atoms with Gasteiger partial charge in [-0.1, -0.05) is 23.2 Å². The third-order valence-electron chi connectivity index (χ3n) is 2.78. The highest BCUT2D eigenvalue weighted by Gasteiger charge is 2.12. The molecule has 0 radical (unpaired) electrons. The number of benzene rings is 2. The molecule has 20 heavy (non-hydrogen) atoms. The van der Waals surface area contributed by atoms with Crippen LogP contribution in [0.2, 0.25) is 10.0 Å². The molecular weight excluding hydrogens is 366 g/mol. The van der Waals surface area contributed by atoms with Crippen molar-refractivity contribution in [1.82, 2.24) is 0 Å². The summed E-state index contributed by atoms with van der Waals surface area (Å²) < 4.78 is 13.6. The maximum absolute atomic E-state index is 13.2. The quantitative estimate of drug-likeness (QED) is 0.786. The number of nitrogens with two attached hydrogens (primary N) is 1. The minimum absolute atomic E-state index is 0.163. The van der Waals surface area contributed by atoms with Gasteiger partial charge in [0.05, 0.1) is 10.5 Å². The average molecular weight is 378 g/mol. The topological polar surface area (TPSA) is 38.0 Å². The molecule has 2 aromatic rings. The smallest absolute Gasteiger partial charge is 0.137 e. The van der Waals surface area contributed by atoms with Crippen LogP contribution >= 0.6 is 39.1 Å². The lowest BCUT2D eigenvalue weighted by Crippen LogP contribution is -2.20. The molecule has 2 aromatic carbocycles. The summed E-state index contributed by atoms with van der Waals surface area (Å²) >= 11 is 15.1. The molecule has 0 aromatic heterocycles. The predicted octanol–water partition coefficient (Wildman–Crippen LogP) is 5.01. The van der Waals surface area contributed by atoms with E-state index in [1.165, 1.54) is 6.07 Å². The van der Waals surface area contributed by atoms with Gasteiger partial charge in [-0.25, -0.2) is 4.39 Å². The van der Waals surface area contributed by atoms with Crippen LogP contribution in [0, 0.1) is 5.82 Å². The van der Waals surface area contributed by atoms with E-state index in [2.05, 4.69) is 21.2 Å². The molecule has 0 bridgehead atoms. The molecule has 0 amide bonds. The van der Waals surface area contributed by atoms with Crippen molar-refractivity contribution in [1.29, 1.82) is 0 Å². The molecule has 1 unspecified atom stereocenters. The first kappa shape index (κ1) is 15.6. The summed E-state index contributed by atoms with van der Waals surface area (Å²) in [5.41, 5.74) is 7.42. The summed E-state index contributed by atoms with van der Waals surface area (Å²) in [5, 5.41) is 4.33. The van der Waals surface area contributed by atoms with E-state index in [1.807, 2.05) is 0 Å². The van der Waals surface area contributed by atoms with Gasteiger partial charge in [0.1, 0.15) is 5.82 Å². The number of rotatable bonds is 4. The predicted molar refractivity (Wildman–Crippen MR) is 86.0 cm³/mol. The summed E-state index contributed by atoms with van der Waals surface area (Å²) in [7, 11) is 0. The van der Waals surface area contributed by atoms with E-state index in [0.717, 1.165) is 11.3 Å². The number of hydrogen-bond donors (Lipinski definition) is 2. The molecule has 0 fully saturated rings. The molecule has 2 rings (SSSR count). The zero-order chi connectivity index (χ0) is 14.7. The van der Waals surface area contributed by atoms with Crippen molar-refractivity contribution in [2.24, 2.45) is 5.73 Å². The molecule has 0 aliphatic carbocycles. The van der Waals surface area contributed by atoms with Gasteiger partial charge < -0.3 is 11.1 Å². The van der Waals surface area contributed by atoms with Gasteiger partial charge >= 0.3 is 0 Å². The van der Waals surface area contributed by atoms with Crippen LogP contribution in [0.1, 0.15) is 11.6 Å². The van der Waals surface area contributed by atoms with E-state index in [-0.39, 0.29) is 11.9 Å². The molecular formula is C14H12BrCl2FN2. The van der Waals surface area contributed by atoms with Crippen LogP contribution < -0.4 is 11.1 Å². The number of hydrogen-bond acceptors (Lipinski definition) is 2. The summed E-state index contributed by atoms with van der Waals surface area (Å²) in [6.07, 6.45) is 0. The first-order chi connectivity index (χ1) is 9.49. The Morgan fingerprint density at radius 3 is 2.35 bits per heavy atom. The van der Waals surface area contributed by atoms with Crippen LogP contribution in [0.5, 0.6) is 0 Å². The van der Waals surface area contributed by atoms with Crippen molar-refractivity contribution in [3.8, 4) is 0 Å². The SMILES string of the molecule is NCC(Nc1ccc(F)c(Br)c1)c1cc(Cl)cc(Cl)c1. The van der Waals surface area contributed by atoms with E-state index in [1.54, 1.807) is 30.3 Å². The van der Waals surface area contributed by atoms with Crippen molar-refractivity contribution in [3.63, 3.8) is 0 Å². The number of halogens is 4. The summed E-state index contributed by atoms with van der Waals surface area (Å²) in [6.45, 7) is 0.353. The van der Waals surface area contributed by atoms with E-state index in [0.29, 0.717) is 21.1 Å². The lowest BCUT2D eigenvalue weighted by molar-refractivity contribution is 0.621. The fraction of sp³-hybridized carbons (Fsp3) is 0.143. The molecule has 1 atom stereocenters. The van der Waals surface area contributed by atoms with Crippen LogP contribution in [-0.2, 0) is 0 Å². The lowest BCUT2D eigenvalue weighted by atomic mass is 10.1. The van der Waals surface area contributed by atoms with Crippen molar-refractivity contribution >= 4 is 44.8 Å². The first-order valence-electron chi connectivity index (χ1n) is 5.87. The van der Waals surface area contributed by atoms with Crippen LogP contribution in [0.3, 0.4) is 0 Å². The van der Waals surface area contributed by atoms with Gasteiger partial charge in [0, 0.05) is 22.3 Å². The van der Waals surface area contributed by atoms with E-state index >= 15 is 0 Å². The number of anilines is 1. The Morgan fingerprint density at radius 1 is 1.15 bits per heavy atom. The molecule has 6 heteroatoms. The second-order valence-corrected chi connectivity index (χ2v) is 5.99. The van der Waals surface area contributed by atoms with E-state index in [9.17, 15) is 4.39 Å². The maximum atomic E-state index is 13.2. The largest absolute Gasteiger partial charge is 0.377 e. The van der Waals surface area contributed by atoms with Crippen LogP contribution in [0.15, 0.2) is 40.9 Å². The summed E-state index contributed by atoms with van der Waals surface area (Å²) in [6, 6.07) is 9.79. The van der Waals surface area contributed by atoms with Gasteiger partial charge in [-0.2, -0.15) is 0 Å². The van der Waals surface area contributed by atoms with Crippen LogP contribution in [-0.4, -0.2) is 6.54 Å². The van der Waals surface area contributed by atoms with Crippen molar-refractivity contribution in [2.75, 3.05) is 11.9 Å².